The van der Waals surface area contributed by atoms with E-state index in [0.717, 1.165) is 23.2 Å². The van der Waals surface area contributed by atoms with Crippen LogP contribution in [0.2, 0.25) is 0 Å². The lowest BCUT2D eigenvalue weighted by molar-refractivity contribution is 0.0977. The van der Waals surface area contributed by atoms with Gasteiger partial charge in [0.2, 0.25) is 5.89 Å². The van der Waals surface area contributed by atoms with Crippen molar-refractivity contribution in [2.75, 3.05) is 11.9 Å². The fourth-order valence-electron chi connectivity index (χ4n) is 3.11. The minimum absolute atomic E-state index is 0.205. The summed E-state index contributed by atoms with van der Waals surface area (Å²) in [6, 6.07) is 16.3. The number of nitrogens with zero attached hydrogens (tertiary/aromatic N) is 2. The molecular weight excluding hydrogens is 424 g/mol. The predicted octanol–water partition coefficient (Wildman–Crippen LogP) is 5.11. The number of ether oxygens (including phenoxy) is 1. The molecule has 4 rings (SSSR count). The second kappa shape index (κ2) is 9.57. The van der Waals surface area contributed by atoms with E-state index < -0.39 is 0 Å². The third-order valence-corrected chi connectivity index (χ3v) is 4.89. The van der Waals surface area contributed by atoms with Crippen LogP contribution >= 0.6 is 12.2 Å². The Bertz CT molecular complexity index is 1250. The smallest absolute Gasteiger partial charge is 0.257 e. The van der Waals surface area contributed by atoms with Crippen molar-refractivity contribution in [3.05, 3.63) is 71.9 Å². The van der Waals surface area contributed by atoms with Crippen molar-refractivity contribution in [3.8, 4) is 17.2 Å². The molecule has 2 N–H and O–H groups in total. The van der Waals surface area contributed by atoms with Gasteiger partial charge < -0.3 is 14.5 Å². The molecule has 0 saturated heterocycles. The van der Waals surface area contributed by atoms with Crippen LogP contribution in [0, 0.1) is 6.92 Å². The lowest BCUT2D eigenvalue weighted by Crippen LogP contribution is -2.34. The Morgan fingerprint density at radius 3 is 2.81 bits per heavy atom. The van der Waals surface area contributed by atoms with Gasteiger partial charge in [0.25, 0.3) is 5.91 Å². The van der Waals surface area contributed by atoms with E-state index in [9.17, 15) is 4.79 Å². The summed E-state index contributed by atoms with van der Waals surface area (Å²) >= 11 is 5.33. The maximum atomic E-state index is 12.6. The first-order chi connectivity index (χ1) is 15.5. The fourth-order valence-corrected chi connectivity index (χ4v) is 3.31. The fraction of sp³-hybridized carbons (Fsp3) is 0.167. The predicted molar refractivity (Wildman–Crippen MR) is 128 cm³/mol. The van der Waals surface area contributed by atoms with Crippen LogP contribution in [0.1, 0.15) is 29.3 Å². The highest BCUT2D eigenvalue weighted by molar-refractivity contribution is 7.80. The summed E-state index contributed by atoms with van der Waals surface area (Å²) in [4.78, 5) is 21.2. The molecule has 0 fully saturated rings. The van der Waals surface area contributed by atoms with E-state index >= 15 is 0 Å². The van der Waals surface area contributed by atoms with Crippen LogP contribution in [0.3, 0.4) is 0 Å². The van der Waals surface area contributed by atoms with Gasteiger partial charge in [-0.2, -0.15) is 4.98 Å². The molecule has 2 heterocycles. The van der Waals surface area contributed by atoms with E-state index in [1.54, 1.807) is 30.5 Å². The molecule has 0 saturated carbocycles. The van der Waals surface area contributed by atoms with Crippen molar-refractivity contribution in [1.82, 2.24) is 15.3 Å². The number of pyridine rings is 1. The zero-order valence-corrected chi connectivity index (χ0v) is 18.5. The number of anilines is 1. The number of aromatic nitrogens is 2. The number of nitrogens with one attached hydrogen (secondary N) is 2. The number of thiocarbonyl (C=S) groups is 1. The minimum atomic E-state index is -0.308. The lowest BCUT2D eigenvalue weighted by Gasteiger charge is -2.13. The van der Waals surface area contributed by atoms with Crippen LogP contribution < -0.4 is 15.4 Å². The highest BCUT2D eigenvalue weighted by atomic mass is 32.1. The number of hydrogen-bond acceptors (Lipinski definition) is 6. The summed E-state index contributed by atoms with van der Waals surface area (Å²) in [6.07, 6.45) is 2.57. The Kier molecular flexibility index (Phi) is 6.42. The molecule has 0 aliphatic rings. The van der Waals surface area contributed by atoms with E-state index in [0.29, 0.717) is 35.0 Å². The third kappa shape index (κ3) is 4.92. The van der Waals surface area contributed by atoms with E-state index in [1.807, 2.05) is 44.2 Å². The zero-order valence-electron chi connectivity index (χ0n) is 17.7. The maximum Gasteiger partial charge on any atom is 0.257 e. The van der Waals surface area contributed by atoms with Crippen molar-refractivity contribution in [2.24, 2.45) is 0 Å². The molecule has 0 aliphatic carbocycles. The van der Waals surface area contributed by atoms with Crippen molar-refractivity contribution >= 4 is 40.2 Å². The molecule has 7 nitrogen and oxygen atoms in total. The second-order valence-electron chi connectivity index (χ2n) is 7.16. The van der Waals surface area contributed by atoms with Crippen LogP contribution in [0.5, 0.6) is 5.75 Å². The molecule has 0 aliphatic heterocycles. The number of oxazole rings is 1. The molecule has 32 heavy (non-hydrogen) atoms. The normalized spacial score (nSPS) is 10.7. The standard InChI is InChI=1S/C24H22N4O3S/c1-3-12-30-18-7-4-6-16(14-18)22(29)28-24(32)26-19-10-9-17(13-15(19)2)23-27-21-20(31-23)8-5-11-25-21/h4-11,13-14H,3,12H2,1-2H3,(H2,26,28,29,32). The number of fused-ring (bicyclic) bond motifs is 1. The van der Waals surface area contributed by atoms with Crippen molar-refractivity contribution in [3.63, 3.8) is 0 Å². The Morgan fingerprint density at radius 2 is 2.03 bits per heavy atom. The number of aryl methyl sites for hydroxylation is 1. The molecule has 0 radical (unpaired) electrons. The van der Waals surface area contributed by atoms with E-state index in [2.05, 4.69) is 20.6 Å². The van der Waals surface area contributed by atoms with Gasteiger partial charge in [0, 0.05) is 23.0 Å². The molecular formula is C24H22N4O3S. The molecule has 8 heteroatoms. The third-order valence-electron chi connectivity index (χ3n) is 4.68. The van der Waals surface area contributed by atoms with Gasteiger partial charge in [-0.05, 0) is 79.7 Å². The summed E-state index contributed by atoms with van der Waals surface area (Å²) in [7, 11) is 0. The van der Waals surface area contributed by atoms with Crippen molar-refractivity contribution in [2.45, 2.75) is 20.3 Å². The molecule has 0 bridgehead atoms. The summed E-state index contributed by atoms with van der Waals surface area (Å²) < 4.78 is 11.4. The van der Waals surface area contributed by atoms with Gasteiger partial charge in [-0.1, -0.05) is 13.0 Å². The van der Waals surface area contributed by atoms with Gasteiger partial charge in [0.15, 0.2) is 16.3 Å². The number of carbonyl (C=O) groups is 1. The van der Waals surface area contributed by atoms with E-state index in [-0.39, 0.29) is 11.0 Å². The molecule has 4 aromatic rings. The van der Waals surface area contributed by atoms with Crippen molar-refractivity contribution in [1.29, 1.82) is 0 Å². The number of hydrogen-bond donors (Lipinski definition) is 2. The maximum absolute atomic E-state index is 12.6. The molecule has 2 aromatic heterocycles. The number of carbonyl (C=O) groups excluding carboxylic acids is 1. The largest absolute Gasteiger partial charge is 0.494 e. The Labute approximate surface area is 190 Å². The monoisotopic (exact) mass is 446 g/mol. The molecule has 1 amide bonds. The SMILES string of the molecule is CCCOc1cccc(C(=O)NC(=S)Nc2ccc(-c3nc4ncccc4o3)cc2C)c1. The number of benzene rings is 2. The first-order valence-corrected chi connectivity index (χ1v) is 10.6. The summed E-state index contributed by atoms with van der Waals surface area (Å²) in [5.74, 6) is 0.839. The van der Waals surface area contributed by atoms with Crippen LogP contribution in [0.4, 0.5) is 5.69 Å². The van der Waals surface area contributed by atoms with E-state index in [1.165, 1.54) is 0 Å². The highest BCUT2D eigenvalue weighted by Crippen LogP contribution is 2.26. The summed E-state index contributed by atoms with van der Waals surface area (Å²) in [6.45, 7) is 4.56. The van der Waals surface area contributed by atoms with E-state index in [4.69, 9.17) is 21.4 Å². The lowest BCUT2D eigenvalue weighted by atomic mass is 10.1. The quantitative estimate of drug-likeness (QED) is 0.398. The topological polar surface area (TPSA) is 89.3 Å². The average molecular weight is 447 g/mol. The number of amides is 1. The summed E-state index contributed by atoms with van der Waals surface area (Å²) in [5, 5.41) is 5.98. The zero-order chi connectivity index (χ0) is 22.5. The molecule has 162 valence electrons. The Hall–Kier alpha value is -3.78. The van der Waals surface area contributed by atoms with Crippen LogP contribution in [0.15, 0.2) is 65.2 Å². The molecule has 0 unspecified atom stereocenters. The Morgan fingerprint density at radius 1 is 1.16 bits per heavy atom. The first kappa shape index (κ1) is 21.5. The van der Waals surface area contributed by atoms with Gasteiger partial charge in [0.05, 0.1) is 6.61 Å². The van der Waals surface area contributed by atoms with Gasteiger partial charge in [-0.3, -0.25) is 10.1 Å². The molecule has 0 atom stereocenters. The van der Waals surface area contributed by atoms with Gasteiger partial charge >= 0.3 is 0 Å². The van der Waals surface area contributed by atoms with Crippen LogP contribution in [-0.4, -0.2) is 27.6 Å². The first-order valence-electron chi connectivity index (χ1n) is 10.2. The van der Waals surface area contributed by atoms with Gasteiger partial charge in [-0.25, -0.2) is 4.98 Å². The Balaban J connectivity index is 1.42. The van der Waals surface area contributed by atoms with Crippen LogP contribution in [0.25, 0.3) is 22.7 Å². The summed E-state index contributed by atoms with van der Waals surface area (Å²) in [5.41, 5.74) is 4.19. The van der Waals surface area contributed by atoms with Gasteiger partial charge in [-0.15, -0.1) is 0 Å². The molecule has 0 spiro atoms. The second-order valence-corrected chi connectivity index (χ2v) is 7.57. The van der Waals surface area contributed by atoms with Crippen molar-refractivity contribution < 1.29 is 13.9 Å². The highest BCUT2D eigenvalue weighted by Gasteiger charge is 2.12. The van der Waals surface area contributed by atoms with Crippen LogP contribution in [-0.2, 0) is 0 Å². The van der Waals surface area contributed by atoms with Gasteiger partial charge in [0.1, 0.15) is 5.75 Å². The minimum Gasteiger partial charge on any atom is -0.494 e. The average Bonchev–Trinajstić information content (AvgIpc) is 3.23. The molecule has 2 aromatic carbocycles. The number of rotatable bonds is 6.